The highest BCUT2D eigenvalue weighted by atomic mass is 35.5. The van der Waals surface area contributed by atoms with Gasteiger partial charge >= 0.3 is 5.92 Å². The number of halogens is 3. The third kappa shape index (κ3) is 2.52. The zero-order valence-corrected chi connectivity index (χ0v) is 10.1. The van der Waals surface area contributed by atoms with Crippen LogP contribution < -0.4 is 0 Å². The molecule has 0 saturated carbocycles. The van der Waals surface area contributed by atoms with Gasteiger partial charge in [0.15, 0.2) is 0 Å². The lowest BCUT2D eigenvalue weighted by atomic mass is 9.97. The summed E-state index contributed by atoms with van der Waals surface area (Å²) in [6.45, 7) is 0. The fraction of sp³-hybridized carbons (Fsp3) is 0.143. The van der Waals surface area contributed by atoms with E-state index < -0.39 is 12.0 Å². The van der Waals surface area contributed by atoms with E-state index in [9.17, 15) is 13.9 Å². The molecule has 0 amide bonds. The molecule has 0 aliphatic rings. The predicted molar refractivity (Wildman–Crippen MR) is 66.7 cm³/mol. The van der Waals surface area contributed by atoms with Crippen molar-refractivity contribution in [3.05, 3.63) is 70.7 Å². The van der Waals surface area contributed by atoms with Crippen molar-refractivity contribution < 1.29 is 13.9 Å². The fourth-order valence-corrected chi connectivity index (χ4v) is 1.89. The van der Waals surface area contributed by atoms with Gasteiger partial charge in [0.2, 0.25) is 0 Å². The van der Waals surface area contributed by atoms with Gasteiger partial charge < -0.3 is 5.11 Å². The van der Waals surface area contributed by atoms with Crippen LogP contribution in [0.15, 0.2) is 54.6 Å². The summed E-state index contributed by atoms with van der Waals surface area (Å²) in [5, 5.41) is 10.0. The SMILES string of the molecule is O[C@@H](c1ccccc1)C(F)(F)c1cccc(Cl)c1. The predicted octanol–water partition coefficient (Wildman–Crippen LogP) is 4.17. The van der Waals surface area contributed by atoms with Crippen molar-refractivity contribution in [1.82, 2.24) is 0 Å². The van der Waals surface area contributed by atoms with E-state index in [0.717, 1.165) is 6.07 Å². The molecule has 94 valence electrons. The average molecular weight is 269 g/mol. The average Bonchev–Trinajstić information content (AvgIpc) is 2.39. The van der Waals surface area contributed by atoms with Crippen molar-refractivity contribution in [3.63, 3.8) is 0 Å². The number of hydrogen-bond acceptors (Lipinski definition) is 1. The van der Waals surface area contributed by atoms with E-state index in [1.54, 1.807) is 18.2 Å². The minimum absolute atomic E-state index is 0.169. The third-order valence-corrected chi connectivity index (χ3v) is 2.90. The lowest BCUT2D eigenvalue weighted by Crippen LogP contribution is -2.23. The summed E-state index contributed by atoms with van der Waals surface area (Å²) in [6, 6.07) is 13.2. The number of aliphatic hydroxyl groups excluding tert-OH is 1. The van der Waals surface area contributed by atoms with E-state index in [-0.39, 0.29) is 16.1 Å². The monoisotopic (exact) mass is 268 g/mol. The molecule has 1 nitrogen and oxygen atoms in total. The lowest BCUT2D eigenvalue weighted by Gasteiger charge is -2.23. The second-order valence-corrected chi connectivity index (χ2v) is 4.38. The zero-order chi connectivity index (χ0) is 13.2. The highest BCUT2D eigenvalue weighted by molar-refractivity contribution is 6.30. The van der Waals surface area contributed by atoms with Gasteiger partial charge in [-0.05, 0) is 17.7 Å². The van der Waals surface area contributed by atoms with Crippen molar-refractivity contribution in [2.45, 2.75) is 12.0 Å². The zero-order valence-electron chi connectivity index (χ0n) is 9.35. The number of aliphatic hydroxyl groups is 1. The highest BCUT2D eigenvalue weighted by Crippen LogP contribution is 2.40. The van der Waals surface area contributed by atoms with E-state index in [1.807, 2.05) is 0 Å². The Morgan fingerprint density at radius 3 is 2.28 bits per heavy atom. The second kappa shape index (κ2) is 5.04. The maximum Gasteiger partial charge on any atom is 0.302 e. The minimum Gasteiger partial charge on any atom is -0.382 e. The summed E-state index contributed by atoms with van der Waals surface area (Å²) < 4.78 is 28.2. The molecule has 0 spiro atoms. The van der Waals surface area contributed by atoms with Gasteiger partial charge in [0.05, 0.1) is 0 Å². The topological polar surface area (TPSA) is 20.2 Å². The fourth-order valence-electron chi connectivity index (χ4n) is 1.70. The van der Waals surface area contributed by atoms with E-state index in [0.29, 0.717) is 0 Å². The van der Waals surface area contributed by atoms with Gasteiger partial charge in [-0.25, -0.2) is 0 Å². The smallest absolute Gasteiger partial charge is 0.302 e. The van der Waals surface area contributed by atoms with Crippen LogP contribution in [0, 0.1) is 0 Å². The Balaban J connectivity index is 2.36. The van der Waals surface area contributed by atoms with Crippen LogP contribution in [-0.2, 0) is 5.92 Å². The molecule has 0 aliphatic carbocycles. The van der Waals surface area contributed by atoms with Crippen LogP contribution in [0.4, 0.5) is 8.78 Å². The first kappa shape index (κ1) is 13.0. The molecule has 1 atom stereocenters. The molecule has 0 fully saturated rings. The Labute approximate surface area is 109 Å². The molecular formula is C14H11ClF2O. The van der Waals surface area contributed by atoms with Gasteiger partial charge in [0.1, 0.15) is 6.10 Å². The first-order valence-electron chi connectivity index (χ1n) is 5.38. The van der Waals surface area contributed by atoms with Crippen LogP contribution >= 0.6 is 11.6 Å². The van der Waals surface area contributed by atoms with Crippen LogP contribution in [0.2, 0.25) is 5.02 Å². The lowest BCUT2D eigenvalue weighted by molar-refractivity contribution is -0.117. The van der Waals surface area contributed by atoms with Crippen molar-refractivity contribution >= 4 is 11.6 Å². The van der Waals surface area contributed by atoms with Gasteiger partial charge in [-0.15, -0.1) is 0 Å². The van der Waals surface area contributed by atoms with Gasteiger partial charge in [-0.1, -0.05) is 54.1 Å². The maximum absolute atomic E-state index is 14.1. The van der Waals surface area contributed by atoms with Crippen LogP contribution in [0.25, 0.3) is 0 Å². The maximum atomic E-state index is 14.1. The second-order valence-electron chi connectivity index (χ2n) is 3.95. The molecule has 0 radical (unpaired) electrons. The molecule has 2 aromatic rings. The van der Waals surface area contributed by atoms with Gasteiger partial charge in [0, 0.05) is 10.6 Å². The summed E-state index contributed by atoms with van der Waals surface area (Å²) >= 11 is 5.69. The Morgan fingerprint density at radius 1 is 1.00 bits per heavy atom. The van der Waals surface area contributed by atoms with E-state index in [1.165, 1.54) is 30.3 Å². The normalized spacial score (nSPS) is 13.3. The van der Waals surface area contributed by atoms with Gasteiger partial charge in [-0.3, -0.25) is 0 Å². The number of rotatable bonds is 3. The molecule has 0 aliphatic heterocycles. The summed E-state index contributed by atoms with van der Waals surface area (Å²) in [7, 11) is 0. The Morgan fingerprint density at radius 2 is 1.67 bits per heavy atom. The van der Waals surface area contributed by atoms with Crippen molar-refractivity contribution in [1.29, 1.82) is 0 Å². The molecule has 0 aromatic heterocycles. The standard InChI is InChI=1S/C14H11ClF2O/c15-12-8-4-7-11(9-12)14(16,17)13(18)10-5-2-1-3-6-10/h1-9,13,18H/t13-/m0/s1. The molecule has 1 N–H and O–H groups in total. The first-order chi connectivity index (χ1) is 8.51. The molecule has 0 saturated heterocycles. The van der Waals surface area contributed by atoms with Crippen LogP contribution in [-0.4, -0.2) is 5.11 Å². The van der Waals surface area contributed by atoms with Crippen molar-refractivity contribution in [2.24, 2.45) is 0 Å². The quantitative estimate of drug-likeness (QED) is 0.886. The highest BCUT2D eigenvalue weighted by Gasteiger charge is 2.41. The summed E-state index contributed by atoms with van der Waals surface area (Å²) in [4.78, 5) is 0. The van der Waals surface area contributed by atoms with Crippen LogP contribution in [0.5, 0.6) is 0 Å². The summed E-state index contributed by atoms with van der Waals surface area (Å²) in [6.07, 6.45) is -1.89. The molecule has 2 aromatic carbocycles. The van der Waals surface area contributed by atoms with Gasteiger partial charge in [0.25, 0.3) is 0 Å². The van der Waals surface area contributed by atoms with Crippen molar-refractivity contribution in [3.8, 4) is 0 Å². The summed E-state index contributed by atoms with van der Waals surface area (Å²) in [5.74, 6) is -3.38. The van der Waals surface area contributed by atoms with E-state index in [4.69, 9.17) is 11.6 Å². The Kier molecular flexibility index (Phi) is 3.64. The third-order valence-electron chi connectivity index (χ3n) is 2.67. The van der Waals surface area contributed by atoms with Crippen LogP contribution in [0.1, 0.15) is 17.2 Å². The molecule has 0 unspecified atom stereocenters. The Hall–Kier alpha value is -1.45. The number of hydrogen-bond donors (Lipinski definition) is 1. The number of alkyl halides is 2. The summed E-state index contributed by atoms with van der Waals surface area (Å²) in [5.41, 5.74) is -0.131. The molecule has 2 rings (SSSR count). The minimum atomic E-state index is -3.38. The van der Waals surface area contributed by atoms with E-state index >= 15 is 0 Å². The van der Waals surface area contributed by atoms with E-state index in [2.05, 4.69) is 0 Å². The first-order valence-corrected chi connectivity index (χ1v) is 5.76. The molecule has 0 heterocycles. The number of benzene rings is 2. The van der Waals surface area contributed by atoms with Gasteiger partial charge in [-0.2, -0.15) is 8.78 Å². The molecule has 18 heavy (non-hydrogen) atoms. The molecular weight excluding hydrogens is 258 g/mol. The molecule has 4 heteroatoms. The van der Waals surface area contributed by atoms with Crippen molar-refractivity contribution in [2.75, 3.05) is 0 Å². The largest absolute Gasteiger partial charge is 0.382 e. The molecule has 0 bridgehead atoms. The van der Waals surface area contributed by atoms with Crippen LogP contribution in [0.3, 0.4) is 0 Å². The Bertz CT molecular complexity index is 528.